The number of nitrogens with one attached hydrogen (secondary N) is 1. The lowest BCUT2D eigenvalue weighted by molar-refractivity contribution is -0.125. The van der Waals surface area contributed by atoms with Crippen LogP contribution < -0.4 is 10.2 Å². The van der Waals surface area contributed by atoms with Gasteiger partial charge in [-0.05, 0) is 44.7 Å². The van der Waals surface area contributed by atoms with Gasteiger partial charge in [-0.3, -0.25) is 4.79 Å². The molecule has 24 heavy (non-hydrogen) atoms. The zero-order valence-electron chi connectivity index (χ0n) is 14.3. The first-order chi connectivity index (χ1) is 11.6. The van der Waals surface area contributed by atoms with E-state index in [1.165, 1.54) is 0 Å². The molecule has 0 aromatic carbocycles. The molecule has 0 bridgehead atoms. The number of carbonyl (C=O) groups is 1. The van der Waals surface area contributed by atoms with Crippen LogP contribution in [0.2, 0.25) is 0 Å². The summed E-state index contributed by atoms with van der Waals surface area (Å²) in [5, 5.41) is 12.6. The normalized spacial score (nSPS) is 21.5. The van der Waals surface area contributed by atoms with Crippen LogP contribution in [0.3, 0.4) is 0 Å². The molecular formula is C18H24N4O2. The van der Waals surface area contributed by atoms with Crippen LogP contribution in [0.5, 0.6) is 0 Å². The van der Waals surface area contributed by atoms with Crippen LogP contribution >= 0.6 is 0 Å². The van der Waals surface area contributed by atoms with E-state index in [1.54, 1.807) is 0 Å². The van der Waals surface area contributed by atoms with Crippen molar-refractivity contribution in [3.8, 4) is 6.07 Å². The molecule has 1 aromatic heterocycles. The van der Waals surface area contributed by atoms with Crippen LogP contribution in [0.25, 0.3) is 0 Å². The second-order valence-corrected chi connectivity index (χ2v) is 6.72. The first-order valence-corrected chi connectivity index (χ1v) is 8.60. The van der Waals surface area contributed by atoms with Crippen molar-refractivity contribution in [2.75, 3.05) is 31.2 Å². The molecule has 1 unspecified atom stereocenters. The van der Waals surface area contributed by atoms with Crippen LogP contribution in [-0.4, -0.2) is 43.2 Å². The summed E-state index contributed by atoms with van der Waals surface area (Å²) < 4.78 is 5.33. The van der Waals surface area contributed by atoms with Crippen molar-refractivity contribution in [2.24, 2.45) is 5.92 Å². The molecule has 1 atom stereocenters. The summed E-state index contributed by atoms with van der Waals surface area (Å²) in [6, 6.07) is 4.41. The number of carbonyl (C=O) groups excluding carboxylic acids is 1. The van der Waals surface area contributed by atoms with Gasteiger partial charge < -0.3 is 15.0 Å². The maximum absolute atomic E-state index is 12.5. The summed E-state index contributed by atoms with van der Waals surface area (Å²) >= 11 is 0. The second kappa shape index (κ2) is 7.18. The van der Waals surface area contributed by atoms with E-state index in [-0.39, 0.29) is 17.9 Å². The molecule has 128 valence electrons. The van der Waals surface area contributed by atoms with Crippen molar-refractivity contribution in [2.45, 2.75) is 39.2 Å². The van der Waals surface area contributed by atoms with Gasteiger partial charge in [0.05, 0.1) is 11.5 Å². The fourth-order valence-electron chi connectivity index (χ4n) is 3.51. The maximum Gasteiger partial charge on any atom is 0.225 e. The lowest BCUT2D eigenvalue weighted by Crippen LogP contribution is -2.42. The summed E-state index contributed by atoms with van der Waals surface area (Å²) in [4.78, 5) is 19.1. The molecule has 3 heterocycles. The van der Waals surface area contributed by atoms with Gasteiger partial charge in [0.1, 0.15) is 11.9 Å². The van der Waals surface area contributed by atoms with Crippen molar-refractivity contribution >= 4 is 11.7 Å². The maximum atomic E-state index is 12.5. The number of nitrogens with zero attached hydrogens (tertiary/aromatic N) is 3. The third-order valence-electron chi connectivity index (χ3n) is 4.86. The van der Waals surface area contributed by atoms with E-state index in [0.717, 1.165) is 56.1 Å². The number of anilines is 1. The molecule has 2 aliphatic heterocycles. The highest BCUT2D eigenvalue weighted by Gasteiger charge is 2.31. The Labute approximate surface area is 142 Å². The number of aryl methyl sites for hydroxylation is 2. The molecule has 0 radical (unpaired) electrons. The van der Waals surface area contributed by atoms with Gasteiger partial charge in [0.2, 0.25) is 5.91 Å². The number of amides is 1. The molecule has 0 saturated carbocycles. The molecule has 3 rings (SSSR count). The molecule has 6 heteroatoms. The highest BCUT2D eigenvalue weighted by molar-refractivity contribution is 5.80. The molecule has 6 nitrogen and oxygen atoms in total. The zero-order chi connectivity index (χ0) is 17.1. The van der Waals surface area contributed by atoms with Crippen LogP contribution in [0.1, 0.15) is 36.1 Å². The predicted octanol–water partition coefficient (Wildman–Crippen LogP) is 1.69. The Bertz CT molecular complexity index is 662. The molecule has 2 aliphatic rings. The second-order valence-electron chi connectivity index (χ2n) is 6.72. The Kier molecular flexibility index (Phi) is 5.00. The summed E-state index contributed by atoms with van der Waals surface area (Å²) in [7, 11) is 0. The van der Waals surface area contributed by atoms with Crippen LogP contribution in [0, 0.1) is 31.1 Å². The third-order valence-corrected chi connectivity index (χ3v) is 4.86. The first-order valence-electron chi connectivity index (χ1n) is 8.60. The van der Waals surface area contributed by atoms with E-state index in [1.807, 2.05) is 19.9 Å². The van der Waals surface area contributed by atoms with Gasteiger partial charge in [0.15, 0.2) is 0 Å². The monoisotopic (exact) mass is 328 g/mol. The quantitative estimate of drug-likeness (QED) is 0.913. The van der Waals surface area contributed by atoms with Gasteiger partial charge in [-0.15, -0.1) is 0 Å². The number of pyridine rings is 1. The lowest BCUT2D eigenvalue weighted by Gasteiger charge is -2.25. The van der Waals surface area contributed by atoms with Crippen LogP contribution in [0.4, 0.5) is 5.82 Å². The Balaban J connectivity index is 1.67. The number of ether oxygens (including phenoxy) is 1. The van der Waals surface area contributed by atoms with Gasteiger partial charge in [-0.25, -0.2) is 4.98 Å². The Morgan fingerprint density at radius 3 is 2.83 bits per heavy atom. The number of rotatable bonds is 3. The van der Waals surface area contributed by atoms with Crippen molar-refractivity contribution < 1.29 is 9.53 Å². The van der Waals surface area contributed by atoms with Gasteiger partial charge in [-0.2, -0.15) is 5.26 Å². The molecule has 1 aromatic rings. The lowest BCUT2D eigenvalue weighted by atomic mass is 10.1. The molecule has 1 amide bonds. The average molecular weight is 328 g/mol. The fraction of sp³-hybridized carbons (Fsp3) is 0.611. The minimum Gasteiger partial charge on any atom is -0.381 e. The Morgan fingerprint density at radius 1 is 1.38 bits per heavy atom. The van der Waals surface area contributed by atoms with Crippen molar-refractivity contribution in [3.05, 3.63) is 22.9 Å². The summed E-state index contributed by atoms with van der Waals surface area (Å²) in [5.41, 5.74) is 2.46. The van der Waals surface area contributed by atoms with Crippen LogP contribution in [-0.2, 0) is 9.53 Å². The van der Waals surface area contributed by atoms with Crippen LogP contribution in [0.15, 0.2) is 6.07 Å². The summed E-state index contributed by atoms with van der Waals surface area (Å²) in [6.07, 6.45) is 2.58. The Morgan fingerprint density at radius 2 is 2.12 bits per heavy atom. The van der Waals surface area contributed by atoms with E-state index in [0.29, 0.717) is 12.1 Å². The average Bonchev–Trinajstić information content (AvgIpc) is 3.05. The minimum absolute atomic E-state index is 0.0398. The molecule has 0 aliphatic carbocycles. The van der Waals surface area contributed by atoms with Crippen molar-refractivity contribution in [1.82, 2.24) is 10.3 Å². The third kappa shape index (κ3) is 3.51. The number of hydrogen-bond acceptors (Lipinski definition) is 5. The number of nitriles is 1. The van der Waals surface area contributed by atoms with E-state index >= 15 is 0 Å². The molecule has 1 N–H and O–H groups in total. The molecule has 2 saturated heterocycles. The highest BCUT2D eigenvalue weighted by Crippen LogP contribution is 2.27. The Hall–Kier alpha value is -2.13. The standard InChI is InChI=1S/C18H24N4O2/c1-12-9-13(2)20-17(16(12)10-19)22-6-3-14(11-22)18(23)21-15-4-7-24-8-5-15/h9,14-15H,3-8,11H2,1-2H3,(H,21,23). The fourth-order valence-corrected chi connectivity index (χ4v) is 3.51. The predicted molar refractivity (Wildman–Crippen MR) is 90.7 cm³/mol. The highest BCUT2D eigenvalue weighted by atomic mass is 16.5. The minimum atomic E-state index is -0.0398. The molecular weight excluding hydrogens is 304 g/mol. The van der Waals surface area contributed by atoms with E-state index in [4.69, 9.17) is 4.74 Å². The van der Waals surface area contributed by atoms with E-state index in [2.05, 4.69) is 21.3 Å². The van der Waals surface area contributed by atoms with Gasteiger partial charge >= 0.3 is 0 Å². The van der Waals surface area contributed by atoms with Crippen molar-refractivity contribution in [3.63, 3.8) is 0 Å². The van der Waals surface area contributed by atoms with E-state index in [9.17, 15) is 10.1 Å². The van der Waals surface area contributed by atoms with Gasteiger partial charge in [0, 0.05) is 38.0 Å². The molecule has 2 fully saturated rings. The smallest absolute Gasteiger partial charge is 0.225 e. The van der Waals surface area contributed by atoms with Crippen molar-refractivity contribution in [1.29, 1.82) is 5.26 Å². The number of aromatic nitrogens is 1. The number of hydrogen-bond donors (Lipinski definition) is 1. The summed E-state index contributed by atoms with van der Waals surface area (Å²) in [6.45, 7) is 6.70. The molecule has 0 spiro atoms. The SMILES string of the molecule is Cc1cc(C)c(C#N)c(N2CCC(C(=O)NC3CCOCC3)C2)n1. The summed E-state index contributed by atoms with van der Waals surface area (Å²) in [5.74, 6) is 0.797. The van der Waals surface area contributed by atoms with E-state index < -0.39 is 0 Å². The van der Waals surface area contributed by atoms with Gasteiger partial charge in [-0.1, -0.05) is 0 Å². The topological polar surface area (TPSA) is 78.2 Å². The van der Waals surface area contributed by atoms with Gasteiger partial charge in [0.25, 0.3) is 0 Å². The largest absolute Gasteiger partial charge is 0.381 e. The first kappa shape index (κ1) is 16.7. The zero-order valence-corrected chi connectivity index (χ0v) is 14.3.